The van der Waals surface area contributed by atoms with Crippen molar-refractivity contribution in [2.24, 2.45) is 0 Å². The van der Waals surface area contributed by atoms with Crippen molar-refractivity contribution in [1.29, 1.82) is 0 Å². The SMILES string of the molecule is Cc1c(Cl)c(C(=O)O)nn1-c1ccccc1Br. The zero-order chi connectivity index (χ0) is 12.6. The molecule has 0 saturated carbocycles. The van der Waals surface area contributed by atoms with Gasteiger partial charge >= 0.3 is 5.97 Å². The van der Waals surface area contributed by atoms with Crippen LogP contribution >= 0.6 is 27.5 Å². The summed E-state index contributed by atoms with van der Waals surface area (Å²) in [5.41, 5.74) is 1.20. The number of rotatable bonds is 2. The molecule has 6 heteroatoms. The molecule has 0 aliphatic carbocycles. The van der Waals surface area contributed by atoms with Gasteiger partial charge in [0.25, 0.3) is 0 Å². The lowest BCUT2D eigenvalue weighted by molar-refractivity contribution is 0.0690. The molecule has 4 nitrogen and oxygen atoms in total. The highest BCUT2D eigenvalue weighted by molar-refractivity contribution is 9.10. The first-order valence-corrected chi connectivity index (χ1v) is 5.92. The maximum absolute atomic E-state index is 10.9. The summed E-state index contributed by atoms with van der Waals surface area (Å²) in [5, 5.41) is 13.1. The van der Waals surface area contributed by atoms with Crippen LogP contribution in [0.15, 0.2) is 28.7 Å². The Hall–Kier alpha value is -1.33. The molecule has 0 amide bonds. The molecule has 1 aromatic carbocycles. The van der Waals surface area contributed by atoms with E-state index in [4.69, 9.17) is 16.7 Å². The first-order valence-electron chi connectivity index (χ1n) is 4.75. The lowest BCUT2D eigenvalue weighted by Gasteiger charge is -2.05. The molecular formula is C11H8BrClN2O2. The van der Waals surface area contributed by atoms with Gasteiger partial charge in [0.1, 0.15) is 0 Å². The number of nitrogens with zero attached hydrogens (tertiary/aromatic N) is 2. The van der Waals surface area contributed by atoms with Crippen molar-refractivity contribution in [2.75, 3.05) is 0 Å². The van der Waals surface area contributed by atoms with Crippen LogP contribution in [0.1, 0.15) is 16.2 Å². The van der Waals surface area contributed by atoms with Gasteiger partial charge in [0.05, 0.1) is 16.4 Å². The summed E-state index contributed by atoms with van der Waals surface area (Å²) in [5.74, 6) is -1.14. The average Bonchev–Trinajstić information content (AvgIpc) is 2.57. The van der Waals surface area contributed by atoms with Crippen LogP contribution in [0.2, 0.25) is 5.02 Å². The first-order chi connectivity index (χ1) is 8.02. The molecule has 0 aliphatic rings. The summed E-state index contributed by atoms with van der Waals surface area (Å²) in [6.07, 6.45) is 0. The molecule has 0 radical (unpaired) electrons. The summed E-state index contributed by atoms with van der Waals surface area (Å²) in [6.45, 7) is 1.72. The lowest BCUT2D eigenvalue weighted by Crippen LogP contribution is -2.02. The Kier molecular flexibility index (Phi) is 3.22. The van der Waals surface area contributed by atoms with E-state index in [-0.39, 0.29) is 10.7 Å². The van der Waals surface area contributed by atoms with Crippen molar-refractivity contribution >= 4 is 33.5 Å². The number of carboxylic acid groups (broad SMARTS) is 1. The van der Waals surface area contributed by atoms with Crippen LogP contribution in [0.4, 0.5) is 0 Å². The van der Waals surface area contributed by atoms with Crippen molar-refractivity contribution in [3.05, 3.63) is 45.1 Å². The van der Waals surface area contributed by atoms with Crippen molar-refractivity contribution in [1.82, 2.24) is 9.78 Å². The van der Waals surface area contributed by atoms with E-state index in [1.54, 1.807) is 6.92 Å². The number of carboxylic acids is 1. The van der Waals surface area contributed by atoms with E-state index in [0.717, 1.165) is 10.2 Å². The fraction of sp³-hybridized carbons (Fsp3) is 0.0909. The Bertz CT molecular complexity index is 595. The Balaban J connectivity index is 2.66. The maximum Gasteiger partial charge on any atom is 0.358 e. The normalized spacial score (nSPS) is 10.5. The number of carbonyl (C=O) groups is 1. The molecule has 2 rings (SSSR count). The molecule has 0 atom stereocenters. The third-order valence-electron chi connectivity index (χ3n) is 2.33. The van der Waals surface area contributed by atoms with Gasteiger partial charge < -0.3 is 5.11 Å². The summed E-state index contributed by atoms with van der Waals surface area (Å²) in [7, 11) is 0. The van der Waals surface area contributed by atoms with Crippen molar-refractivity contribution < 1.29 is 9.90 Å². The molecule has 0 spiro atoms. The van der Waals surface area contributed by atoms with E-state index < -0.39 is 5.97 Å². The second-order valence-electron chi connectivity index (χ2n) is 3.42. The zero-order valence-electron chi connectivity index (χ0n) is 8.82. The largest absolute Gasteiger partial charge is 0.476 e. The van der Waals surface area contributed by atoms with Crippen LogP contribution in [0.25, 0.3) is 5.69 Å². The minimum absolute atomic E-state index is 0.139. The van der Waals surface area contributed by atoms with Crippen molar-refractivity contribution in [3.63, 3.8) is 0 Å². The van der Waals surface area contributed by atoms with Gasteiger partial charge in [-0.25, -0.2) is 9.48 Å². The fourth-order valence-corrected chi connectivity index (χ4v) is 2.13. The van der Waals surface area contributed by atoms with Crippen LogP contribution < -0.4 is 0 Å². The van der Waals surface area contributed by atoms with E-state index in [2.05, 4.69) is 21.0 Å². The molecular weight excluding hydrogens is 307 g/mol. The van der Waals surface area contributed by atoms with E-state index in [1.165, 1.54) is 4.68 Å². The Morgan fingerprint density at radius 3 is 2.65 bits per heavy atom. The predicted octanol–water partition coefficient (Wildman–Crippen LogP) is 3.29. The van der Waals surface area contributed by atoms with Gasteiger partial charge in [-0.15, -0.1) is 0 Å². The molecule has 17 heavy (non-hydrogen) atoms. The Morgan fingerprint density at radius 1 is 1.47 bits per heavy atom. The summed E-state index contributed by atoms with van der Waals surface area (Å²) in [4.78, 5) is 10.9. The van der Waals surface area contributed by atoms with Crippen LogP contribution in [0, 0.1) is 6.92 Å². The molecule has 0 aliphatic heterocycles. The quantitative estimate of drug-likeness (QED) is 0.925. The van der Waals surface area contributed by atoms with Crippen LogP contribution in [-0.2, 0) is 0 Å². The molecule has 0 fully saturated rings. The van der Waals surface area contributed by atoms with E-state index in [9.17, 15) is 4.79 Å². The monoisotopic (exact) mass is 314 g/mol. The smallest absolute Gasteiger partial charge is 0.358 e. The van der Waals surface area contributed by atoms with Gasteiger partial charge in [0.2, 0.25) is 0 Å². The van der Waals surface area contributed by atoms with Gasteiger partial charge in [-0.05, 0) is 35.0 Å². The molecule has 1 heterocycles. The third-order valence-corrected chi connectivity index (χ3v) is 3.45. The average molecular weight is 316 g/mol. The second kappa shape index (κ2) is 4.50. The number of aromatic nitrogens is 2. The van der Waals surface area contributed by atoms with E-state index in [0.29, 0.717) is 5.69 Å². The van der Waals surface area contributed by atoms with E-state index in [1.807, 2.05) is 24.3 Å². The first kappa shape index (κ1) is 12.1. The third kappa shape index (κ3) is 2.08. The molecule has 0 unspecified atom stereocenters. The van der Waals surface area contributed by atoms with Gasteiger partial charge in [0.15, 0.2) is 5.69 Å². The highest BCUT2D eigenvalue weighted by Crippen LogP contribution is 2.26. The number of halogens is 2. The van der Waals surface area contributed by atoms with Crippen molar-refractivity contribution in [2.45, 2.75) is 6.92 Å². The number of hydrogen-bond donors (Lipinski definition) is 1. The standard InChI is InChI=1S/C11H8BrClN2O2/c1-6-9(13)10(11(16)17)14-15(6)8-5-3-2-4-7(8)12/h2-5H,1H3,(H,16,17). The molecule has 88 valence electrons. The van der Waals surface area contributed by atoms with Gasteiger partial charge in [-0.2, -0.15) is 5.10 Å². The van der Waals surface area contributed by atoms with Gasteiger partial charge in [0, 0.05) is 4.47 Å². The summed E-state index contributed by atoms with van der Waals surface area (Å²) in [6, 6.07) is 7.39. The molecule has 1 aromatic heterocycles. The van der Waals surface area contributed by atoms with Gasteiger partial charge in [-0.1, -0.05) is 23.7 Å². The minimum Gasteiger partial charge on any atom is -0.476 e. The number of hydrogen-bond acceptors (Lipinski definition) is 2. The molecule has 1 N–H and O–H groups in total. The number of benzene rings is 1. The lowest BCUT2D eigenvalue weighted by atomic mass is 10.3. The maximum atomic E-state index is 10.9. The van der Waals surface area contributed by atoms with Crippen LogP contribution in [0.5, 0.6) is 0 Å². The van der Waals surface area contributed by atoms with Crippen LogP contribution in [-0.4, -0.2) is 20.9 Å². The molecule has 0 saturated heterocycles. The molecule has 2 aromatic rings. The zero-order valence-corrected chi connectivity index (χ0v) is 11.2. The topological polar surface area (TPSA) is 55.1 Å². The summed E-state index contributed by atoms with van der Waals surface area (Å²) < 4.78 is 2.33. The van der Waals surface area contributed by atoms with E-state index >= 15 is 0 Å². The van der Waals surface area contributed by atoms with Crippen molar-refractivity contribution in [3.8, 4) is 5.69 Å². The van der Waals surface area contributed by atoms with Gasteiger partial charge in [-0.3, -0.25) is 0 Å². The minimum atomic E-state index is -1.14. The predicted molar refractivity (Wildman–Crippen MR) is 68.0 cm³/mol. The highest BCUT2D eigenvalue weighted by Gasteiger charge is 2.19. The summed E-state index contributed by atoms with van der Waals surface area (Å²) >= 11 is 9.32. The fourth-order valence-electron chi connectivity index (χ4n) is 1.48. The Labute approximate surface area is 111 Å². The number of para-hydroxylation sites is 1. The number of aromatic carboxylic acids is 1. The van der Waals surface area contributed by atoms with Crippen LogP contribution in [0.3, 0.4) is 0 Å². The highest BCUT2D eigenvalue weighted by atomic mass is 79.9. The molecule has 0 bridgehead atoms. The Morgan fingerprint density at radius 2 is 2.12 bits per heavy atom. The second-order valence-corrected chi connectivity index (χ2v) is 4.65.